The Kier molecular flexibility index (Phi) is 4.47. The summed E-state index contributed by atoms with van der Waals surface area (Å²) in [6.45, 7) is 3.58. The molecule has 4 rings (SSSR count). The highest BCUT2D eigenvalue weighted by molar-refractivity contribution is 5.77. The lowest BCUT2D eigenvalue weighted by Gasteiger charge is -2.33. The topological polar surface area (TPSA) is 94.9 Å². The molecule has 136 valence electrons. The van der Waals surface area contributed by atoms with Gasteiger partial charge in [0.1, 0.15) is 17.7 Å². The Morgan fingerprint density at radius 2 is 2.11 bits per heavy atom. The maximum absolute atomic E-state index is 11.9. The molecule has 0 unspecified atom stereocenters. The van der Waals surface area contributed by atoms with Gasteiger partial charge in [-0.15, -0.1) is 0 Å². The van der Waals surface area contributed by atoms with E-state index in [0.717, 1.165) is 43.1 Å². The van der Waals surface area contributed by atoms with Crippen LogP contribution in [0.1, 0.15) is 24.0 Å². The molecular formula is C20H19N5O2. The summed E-state index contributed by atoms with van der Waals surface area (Å²) in [4.78, 5) is 25.5. The number of pyridine rings is 1. The van der Waals surface area contributed by atoms with Crippen molar-refractivity contribution in [2.24, 2.45) is 0 Å². The number of fused-ring (bicyclic) bond motifs is 1. The van der Waals surface area contributed by atoms with Crippen molar-refractivity contribution >= 4 is 16.9 Å². The van der Waals surface area contributed by atoms with E-state index < -0.39 is 0 Å². The van der Waals surface area contributed by atoms with E-state index in [4.69, 9.17) is 10.00 Å². The molecule has 7 heteroatoms. The first-order chi connectivity index (χ1) is 13.1. The molecular weight excluding hydrogens is 342 g/mol. The molecule has 3 aromatic rings. The summed E-state index contributed by atoms with van der Waals surface area (Å²) in [6, 6.07) is 11.2. The second-order valence-electron chi connectivity index (χ2n) is 6.68. The zero-order chi connectivity index (χ0) is 18.8. The van der Waals surface area contributed by atoms with E-state index in [9.17, 15) is 4.79 Å². The standard InChI is InChI=1S/C20H19N5O2/c1-13-9-17-18(22-12-23-20(17)26)24-19(13)25-7-5-15(6-8-25)27-16-4-2-3-14(10-16)11-21/h2-4,9-10,12,15H,5-8H2,1H3,(H,22,23,24,26). The van der Waals surface area contributed by atoms with Crippen LogP contribution in [0.25, 0.3) is 11.0 Å². The molecule has 1 aliphatic heterocycles. The number of rotatable bonds is 3. The molecule has 0 amide bonds. The normalized spacial score (nSPS) is 14.9. The molecule has 0 saturated carbocycles. The molecule has 1 N–H and O–H groups in total. The third-order valence-electron chi connectivity index (χ3n) is 4.80. The van der Waals surface area contributed by atoms with Gasteiger partial charge in [0, 0.05) is 25.9 Å². The number of aryl methyl sites for hydroxylation is 1. The third kappa shape index (κ3) is 3.47. The van der Waals surface area contributed by atoms with E-state index in [0.29, 0.717) is 16.6 Å². The fraction of sp³-hybridized carbons (Fsp3) is 0.300. The van der Waals surface area contributed by atoms with Crippen molar-refractivity contribution in [3.8, 4) is 11.8 Å². The van der Waals surface area contributed by atoms with E-state index in [1.54, 1.807) is 12.1 Å². The Hall–Kier alpha value is -3.40. The van der Waals surface area contributed by atoms with Crippen LogP contribution in [0.15, 0.2) is 41.5 Å². The van der Waals surface area contributed by atoms with Gasteiger partial charge in [-0.2, -0.15) is 5.26 Å². The van der Waals surface area contributed by atoms with E-state index in [-0.39, 0.29) is 11.7 Å². The quantitative estimate of drug-likeness (QED) is 0.770. The van der Waals surface area contributed by atoms with Crippen molar-refractivity contribution in [3.05, 3.63) is 58.1 Å². The number of aromatic nitrogens is 3. The number of aromatic amines is 1. The fourth-order valence-electron chi connectivity index (χ4n) is 3.43. The van der Waals surface area contributed by atoms with Gasteiger partial charge in [-0.25, -0.2) is 9.97 Å². The first kappa shape index (κ1) is 17.0. The molecule has 0 spiro atoms. The number of anilines is 1. The molecule has 1 aliphatic rings. The van der Waals surface area contributed by atoms with Crippen LogP contribution in [0, 0.1) is 18.3 Å². The van der Waals surface area contributed by atoms with Crippen molar-refractivity contribution in [2.45, 2.75) is 25.9 Å². The van der Waals surface area contributed by atoms with Crippen LogP contribution in [0.2, 0.25) is 0 Å². The van der Waals surface area contributed by atoms with Crippen LogP contribution in [0.3, 0.4) is 0 Å². The minimum atomic E-state index is -0.172. The lowest BCUT2D eigenvalue weighted by atomic mass is 10.1. The molecule has 1 aromatic carbocycles. The van der Waals surface area contributed by atoms with Gasteiger partial charge in [-0.3, -0.25) is 4.79 Å². The second-order valence-corrected chi connectivity index (χ2v) is 6.68. The van der Waals surface area contributed by atoms with Gasteiger partial charge in [0.15, 0.2) is 5.65 Å². The summed E-state index contributed by atoms with van der Waals surface area (Å²) >= 11 is 0. The number of hydrogen-bond acceptors (Lipinski definition) is 6. The van der Waals surface area contributed by atoms with Crippen LogP contribution in [0.4, 0.5) is 5.82 Å². The maximum atomic E-state index is 11.9. The molecule has 0 radical (unpaired) electrons. The van der Waals surface area contributed by atoms with E-state index in [2.05, 4.69) is 25.9 Å². The number of piperidine rings is 1. The highest BCUT2D eigenvalue weighted by Gasteiger charge is 2.23. The zero-order valence-corrected chi connectivity index (χ0v) is 15.0. The predicted molar refractivity (Wildman–Crippen MR) is 102 cm³/mol. The molecule has 1 saturated heterocycles. The fourth-order valence-corrected chi connectivity index (χ4v) is 3.43. The molecule has 0 aliphatic carbocycles. The Labute approximate surface area is 156 Å². The Bertz CT molecular complexity index is 1080. The lowest BCUT2D eigenvalue weighted by molar-refractivity contribution is 0.170. The molecule has 7 nitrogen and oxygen atoms in total. The summed E-state index contributed by atoms with van der Waals surface area (Å²) in [5, 5.41) is 9.51. The maximum Gasteiger partial charge on any atom is 0.260 e. The van der Waals surface area contributed by atoms with Crippen molar-refractivity contribution in [2.75, 3.05) is 18.0 Å². The van der Waals surface area contributed by atoms with Crippen molar-refractivity contribution in [1.82, 2.24) is 15.0 Å². The molecule has 3 heterocycles. The highest BCUT2D eigenvalue weighted by Crippen LogP contribution is 2.26. The smallest absolute Gasteiger partial charge is 0.260 e. The molecule has 0 bridgehead atoms. The number of nitrogens with one attached hydrogen (secondary N) is 1. The average Bonchev–Trinajstić information content (AvgIpc) is 2.69. The van der Waals surface area contributed by atoms with Crippen molar-refractivity contribution in [3.63, 3.8) is 0 Å². The number of ether oxygens (including phenoxy) is 1. The average molecular weight is 361 g/mol. The summed E-state index contributed by atoms with van der Waals surface area (Å²) in [6.07, 6.45) is 3.21. The molecule has 2 aromatic heterocycles. The van der Waals surface area contributed by atoms with Crippen molar-refractivity contribution < 1.29 is 4.74 Å². The van der Waals surface area contributed by atoms with Crippen LogP contribution in [0.5, 0.6) is 5.75 Å². The van der Waals surface area contributed by atoms with Gasteiger partial charge < -0.3 is 14.6 Å². The number of H-pyrrole nitrogens is 1. The summed E-state index contributed by atoms with van der Waals surface area (Å²) in [5.74, 6) is 1.60. The van der Waals surface area contributed by atoms with Gasteiger partial charge in [-0.05, 0) is 36.8 Å². The minimum Gasteiger partial charge on any atom is -0.490 e. The van der Waals surface area contributed by atoms with Gasteiger partial charge in [0.05, 0.1) is 23.3 Å². The van der Waals surface area contributed by atoms with Gasteiger partial charge in [0.2, 0.25) is 0 Å². The van der Waals surface area contributed by atoms with E-state index in [1.165, 1.54) is 6.33 Å². The first-order valence-corrected chi connectivity index (χ1v) is 8.91. The second kappa shape index (κ2) is 7.08. The number of benzene rings is 1. The Morgan fingerprint density at radius 1 is 1.30 bits per heavy atom. The summed E-state index contributed by atoms with van der Waals surface area (Å²) in [7, 11) is 0. The van der Waals surface area contributed by atoms with E-state index >= 15 is 0 Å². The molecule has 27 heavy (non-hydrogen) atoms. The third-order valence-corrected chi connectivity index (χ3v) is 4.80. The molecule has 0 atom stereocenters. The predicted octanol–water partition coefficient (Wildman–Crippen LogP) is 2.55. The molecule has 1 fully saturated rings. The Balaban J connectivity index is 1.48. The minimum absolute atomic E-state index is 0.108. The van der Waals surface area contributed by atoms with Gasteiger partial charge in [-0.1, -0.05) is 6.07 Å². The summed E-state index contributed by atoms with van der Waals surface area (Å²) < 4.78 is 6.04. The number of nitriles is 1. The summed E-state index contributed by atoms with van der Waals surface area (Å²) in [5.41, 5.74) is 1.85. The SMILES string of the molecule is Cc1cc2c(=O)[nH]cnc2nc1N1CCC(Oc2cccc(C#N)c2)CC1. The number of hydrogen-bond donors (Lipinski definition) is 1. The Morgan fingerprint density at radius 3 is 2.89 bits per heavy atom. The zero-order valence-electron chi connectivity index (χ0n) is 15.0. The van der Waals surface area contributed by atoms with Crippen LogP contribution >= 0.6 is 0 Å². The monoisotopic (exact) mass is 361 g/mol. The van der Waals surface area contributed by atoms with Crippen molar-refractivity contribution in [1.29, 1.82) is 5.26 Å². The van der Waals surface area contributed by atoms with Crippen LogP contribution in [-0.4, -0.2) is 34.1 Å². The highest BCUT2D eigenvalue weighted by atomic mass is 16.5. The lowest BCUT2D eigenvalue weighted by Crippen LogP contribution is -2.39. The van der Waals surface area contributed by atoms with Crippen LogP contribution in [-0.2, 0) is 0 Å². The number of nitrogens with zero attached hydrogens (tertiary/aromatic N) is 4. The largest absolute Gasteiger partial charge is 0.490 e. The first-order valence-electron chi connectivity index (χ1n) is 8.91. The van der Waals surface area contributed by atoms with Gasteiger partial charge >= 0.3 is 0 Å². The van der Waals surface area contributed by atoms with Gasteiger partial charge in [0.25, 0.3) is 5.56 Å². The van der Waals surface area contributed by atoms with Crippen LogP contribution < -0.4 is 15.2 Å². The van der Waals surface area contributed by atoms with E-state index in [1.807, 2.05) is 25.1 Å².